The van der Waals surface area contributed by atoms with E-state index in [9.17, 15) is 4.79 Å². The number of rotatable bonds is 8. The van der Waals surface area contributed by atoms with Gasteiger partial charge in [-0.25, -0.2) is 4.98 Å². The molecule has 3 heterocycles. The number of carbonyl (C=O) groups is 1. The highest BCUT2D eigenvalue weighted by Crippen LogP contribution is 2.11. The molecule has 0 N–H and O–H groups in total. The molecule has 6 nitrogen and oxygen atoms in total. The van der Waals surface area contributed by atoms with Gasteiger partial charge in [0.1, 0.15) is 5.65 Å². The Labute approximate surface area is 169 Å². The van der Waals surface area contributed by atoms with E-state index in [4.69, 9.17) is 4.98 Å². The van der Waals surface area contributed by atoms with Crippen molar-refractivity contribution in [3.63, 3.8) is 0 Å². The molecular weight excluding hydrogens is 350 g/mol. The Balaban J connectivity index is 1.48. The van der Waals surface area contributed by atoms with Crippen molar-refractivity contribution in [3.05, 3.63) is 36.3 Å². The van der Waals surface area contributed by atoms with E-state index in [0.29, 0.717) is 18.4 Å². The van der Waals surface area contributed by atoms with E-state index >= 15 is 0 Å². The van der Waals surface area contributed by atoms with Crippen LogP contribution in [0.4, 0.5) is 0 Å². The fourth-order valence-corrected chi connectivity index (χ4v) is 3.85. The van der Waals surface area contributed by atoms with Crippen molar-refractivity contribution in [2.45, 2.75) is 34.2 Å². The highest BCUT2D eigenvalue weighted by Gasteiger charge is 2.23. The Kier molecular flexibility index (Phi) is 7.08. The molecule has 0 bridgehead atoms. The van der Waals surface area contributed by atoms with Gasteiger partial charge in [-0.3, -0.25) is 14.6 Å². The zero-order chi connectivity index (χ0) is 20.1. The van der Waals surface area contributed by atoms with Gasteiger partial charge in [-0.1, -0.05) is 33.8 Å². The Hall–Kier alpha value is -1.92. The summed E-state index contributed by atoms with van der Waals surface area (Å²) < 4.78 is 2.07. The van der Waals surface area contributed by atoms with Crippen LogP contribution in [0.25, 0.3) is 5.65 Å². The Bertz CT molecular complexity index is 718. The van der Waals surface area contributed by atoms with E-state index in [1.807, 2.05) is 24.4 Å². The van der Waals surface area contributed by atoms with E-state index in [1.54, 1.807) is 0 Å². The Morgan fingerprint density at radius 2 is 1.68 bits per heavy atom. The number of hydrogen-bond acceptors (Lipinski definition) is 4. The minimum Gasteiger partial charge on any atom is -0.341 e. The summed E-state index contributed by atoms with van der Waals surface area (Å²) in [4.78, 5) is 24.3. The van der Waals surface area contributed by atoms with Crippen molar-refractivity contribution in [1.82, 2.24) is 24.1 Å². The number of imidazole rings is 1. The maximum absolute atomic E-state index is 12.8. The fourth-order valence-electron chi connectivity index (χ4n) is 3.85. The molecule has 28 heavy (non-hydrogen) atoms. The van der Waals surface area contributed by atoms with E-state index in [1.165, 1.54) is 0 Å². The molecule has 3 rings (SSSR count). The highest BCUT2D eigenvalue weighted by atomic mass is 16.2. The molecule has 1 saturated heterocycles. The van der Waals surface area contributed by atoms with Gasteiger partial charge >= 0.3 is 0 Å². The number of aromatic nitrogens is 2. The van der Waals surface area contributed by atoms with Crippen LogP contribution in [0.1, 0.15) is 33.4 Å². The van der Waals surface area contributed by atoms with Crippen LogP contribution in [-0.4, -0.2) is 75.8 Å². The van der Waals surface area contributed by atoms with Gasteiger partial charge in [0.2, 0.25) is 5.91 Å². The average molecular weight is 386 g/mol. The monoisotopic (exact) mass is 385 g/mol. The number of hydrogen-bond donors (Lipinski definition) is 0. The third-order valence-electron chi connectivity index (χ3n) is 5.15. The highest BCUT2D eigenvalue weighted by molar-refractivity contribution is 5.78. The second-order valence-electron chi connectivity index (χ2n) is 8.84. The molecule has 6 heteroatoms. The lowest BCUT2D eigenvalue weighted by Crippen LogP contribution is -2.50. The summed E-state index contributed by atoms with van der Waals surface area (Å²) >= 11 is 0. The first-order chi connectivity index (χ1) is 13.4. The number of fused-ring (bicyclic) bond motifs is 1. The van der Waals surface area contributed by atoms with Crippen molar-refractivity contribution < 1.29 is 4.79 Å². The van der Waals surface area contributed by atoms with Crippen LogP contribution in [0.3, 0.4) is 0 Å². The second kappa shape index (κ2) is 9.52. The molecule has 0 saturated carbocycles. The van der Waals surface area contributed by atoms with Crippen LogP contribution < -0.4 is 0 Å². The van der Waals surface area contributed by atoms with Gasteiger partial charge < -0.3 is 9.30 Å². The summed E-state index contributed by atoms with van der Waals surface area (Å²) in [7, 11) is 0. The van der Waals surface area contributed by atoms with E-state index in [0.717, 1.165) is 57.2 Å². The Morgan fingerprint density at radius 3 is 2.29 bits per heavy atom. The standard InChI is InChI=1S/C22H35N5O/c1-18(2)13-27(14-19(3)4)22(28)17-25-11-9-24(10-12-25)15-20-16-26-8-6-5-7-21(26)23-20/h5-8,16,18-19H,9-15,17H2,1-4H3. The first-order valence-electron chi connectivity index (χ1n) is 10.6. The molecule has 1 amide bonds. The lowest BCUT2D eigenvalue weighted by atomic mass is 10.1. The molecule has 1 aliphatic rings. The van der Waals surface area contributed by atoms with Crippen LogP contribution in [-0.2, 0) is 11.3 Å². The van der Waals surface area contributed by atoms with Gasteiger partial charge in [0.25, 0.3) is 0 Å². The predicted molar refractivity (Wildman–Crippen MR) is 113 cm³/mol. The van der Waals surface area contributed by atoms with Gasteiger partial charge in [0.05, 0.1) is 12.2 Å². The third kappa shape index (κ3) is 5.79. The SMILES string of the molecule is CC(C)CN(CC(C)C)C(=O)CN1CCN(Cc2cn3ccccc3n2)CC1. The van der Waals surface area contributed by atoms with Gasteiger partial charge in [-0.05, 0) is 24.0 Å². The van der Waals surface area contributed by atoms with Crippen LogP contribution in [0.2, 0.25) is 0 Å². The quantitative estimate of drug-likeness (QED) is 0.701. The molecule has 2 aromatic rings. The number of amides is 1. The van der Waals surface area contributed by atoms with Crippen molar-refractivity contribution in [2.75, 3.05) is 45.8 Å². The first kappa shape index (κ1) is 20.8. The van der Waals surface area contributed by atoms with Crippen LogP contribution >= 0.6 is 0 Å². The molecule has 0 atom stereocenters. The smallest absolute Gasteiger partial charge is 0.236 e. The number of nitrogens with zero attached hydrogens (tertiary/aromatic N) is 5. The Morgan fingerprint density at radius 1 is 1.04 bits per heavy atom. The molecule has 0 aromatic carbocycles. The summed E-state index contributed by atoms with van der Waals surface area (Å²) in [5.41, 5.74) is 2.10. The van der Waals surface area contributed by atoms with Crippen molar-refractivity contribution in [2.24, 2.45) is 11.8 Å². The molecule has 154 valence electrons. The van der Waals surface area contributed by atoms with Crippen LogP contribution in [0.5, 0.6) is 0 Å². The van der Waals surface area contributed by atoms with Gasteiger partial charge in [0.15, 0.2) is 0 Å². The van der Waals surface area contributed by atoms with Crippen molar-refractivity contribution in [1.29, 1.82) is 0 Å². The average Bonchev–Trinajstić information content (AvgIpc) is 3.04. The van der Waals surface area contributed by atoms with Gasteiger partial charge in [0, 0.05) is 58.2 Å². The number of pyridine rings is 1. The van der Waals surface area contributed by atoms with Crippen molar-refractivity contribution >= 4 is 11.6 Å². The lowest BCUT2D eigenvalue weighted by Gasteiger charge is -2.35. The van der Waals surface area contributed by atoms with E-state index < -0.39 is 0 Å². The maximum atomic E-state index is 12.8. The topological polar surface area (TPSA) is 44.1 Å². The molecule has 0 aliphatic carbocycles. The minimum absolute atomic E-state index is 0.274. The normalized spacial score (nSPS) is 16.4. The van der Waals surface area contributed by atoms with Gasteiger partial charge in [-0.15, -0.1) is 0 Å². The zero-order valence-electron chi connectivity index (χ0n) is 17.8. The first-order valence-corrected chi connectivity index (χ1v) is 10.6. The molecule has 2 aromatic heterocycles. The van der Waals surface area contributed by atoms with E-state index in [2.05, 4.69) is 53.0 Å². The third-order valence-corrected chi connectivity index (χ3v) is 5.15. The molecule has 0 spiro atoms. The summed E-state index contributed by atoms with van der Waals surface area (Å²) in [5.74, 6) is 1.28. The molecule has 1 aliphatic heterocycles. The van der Waals surface area contributed by atoms with E-state index in [-0.39, 0.29) is 5.91 Å². The molecule has 0 radical (unpaired) electrons. The molecule has 1 fully saturated rings. The minimum atomic E-state index is 0.274. The second-order valence-corrected chi connectivity index (χ2v) is 8.84. The zero-order valence-corrected chi connectivity index (χ0v) is 17.8. The van der Waals surface area contributed by atoms with Crippen LogP contribution in [0, 0.1) is 11.8 Å². The molecule has 0 unspecified atom stereocenters. The molecular formula is C22H35N5O. The summed E-state index contributed by atoms with van der Waals surface area (Å²) in [6.07, 6.45) is 4.15. The number of carbonyl (C=O) groups excluding carboxylic acids is 1. The predicted octanol–water partition coefficient (Wildman–Crippen LogP) is 2.59. The number of piperazine rings is 1. The maximum Gasteiger partial charge on any atom is 0.236 e. The van der Waals surface area contributed by atoms with Gasteiger partial charge in [-0.2, -0.15) is 0 Å². The summed E-state index contributed by atoms with van der Waals surface area (Å²) in [6.45, 7) is 15.7. The van der Waals surface area contributed by atoms with Crippen LogP contribution in [0.15, 0.2) is 30.6 Å². The lowest BCUT2D eigenvalue weighted by molar-refractivity contribution is -0.134. The largest absolute Gasteiger partial charge is 0.341 e. The summed E-state index contributed by atoms with van der Waals surface area (Å²) in [6, 6.07) is 6.08. The summed E-state index contributed by atoms with van der Waals surface area (Å²) in [5, 5.41) is 0. The fraction of sp³-hybridized carbons (Fsp3) is 0.636. The van der Waals surface area contributed by atoms with Crippen molar-refractivity contribution in [3.8, 4) is 0 Å².